The molecule has 6 rings (SSSR count). The molecule has 0 bridgehead atoms. The smallest absolute Gasteiger partial charge is 0.193 e. The van der Waals surface area contributed by atoms with E-state index in [1.54, 1.807) is 0 Å². The summed E-state index contributed by atoms with van der Waals surface area (Å²) in [5.41, 5.74) is 7.23. The molecule has 0 aliphatic carbocycles. The van der Waals surface area contributed by atoms with Gasteiger partial charge in [0.05, 0.1) is 5.52 Å². The number of aromatic nitrogens is 2. The maximum absolute atomic E-state index is 6.65. The van der Waals surface area contributed by atoms with Crippen molar-refractivity contribution >= 4 is 33.4 Å². The third-order valence-corrected chi connectivity index (χ3v) is 6.78. The topological polar surface area (TPSA) is 8.81 Å². The minimum absolute atomic E-state index is 0.772. The molecule has 0 N–H and O–H groups in total. The molecule has 2 heterocycles. The minimum Gasteiger partial charge on any atom is -0.331 e. The van der Waals surface area contributed by atoms with Gasteiger partial charge in [-0.3, -0.25) is 0 Å². The number of nitrogens with zero attached hydrogens (tertiary/aromatic N) is 2. The van der Waals surface area contributed by atoms with Gasteiger partial charge < -0.3 is 4.57 Å². The molecule has 0 aliphatic rings. The zero-order chi connectivity index (χ0) is 22.9. The Kier molecular flexibility index (Phi) is 5.37. The molecule has 0 spiro atoms. The molecule has 4 aromatic carbocycles. The average Bonchev–Trinajstić information content (AvgIpc) is 3.19. The highest BCUT2D eigenvalue weighted by atomic mass is 35.5. The Hall–Kier alpha value is -3.88. The van der Waals surface area contributed by atoms with Crippen LogP contribution in [0.25, 0.3) is 32.9 Å². The number of hydrogen-bond donors (Lipinski definition) is 0. The summed E-state index contributed by atoms with van der Waals surface area (Å²) in [6.45, 7) is 1.64. The summed E-state index contributed by atoms with van der Waals surface area (Å²) in [7, 11) is 0. The Balaban J connectivity index is 1.60. The van der Waals surface area contributed by atoms with Crippen LogP contribution in [0.3, 0.4) is 0 Å². The molecule has 0 radical (unpaired) electrons. The van der Waals surface area contributed by atoms with Crippen molar-refractivity contribution in [2.24, 2.45) is 0 Å². The highest BCUT2D eigenvalue weighted by Crippen LogP contribution is 2.39. The van der Waals surface area contributed by atoms with Crippen molar-refractivity contribution in [1.82, 2.24) is 4.57 Å². The van der Waals surface area contributed by atoms with Crippen LogP contribution in [0.1, 0.15) is 11.1 Å². The molecule has 0 saturated heterocycles. The molecule has 6 aromatic rings. The fourth-order valence-electron chi connectivity index (χ4n) is 4.86. The number of pyridine rings is 1. The van der Waals surface area contributed by atoms with Crippen LogP contribution in [-0.2, 0) is 13.1 Å². The molecule has 0 saturated carbocycles. The molecule has 2 nitrogen and oxygen atoms in total. The van der Waals surface area contributed by atoms with Crippen LogP contribution in [0.2, 0.25) is 5.02 Å². The molecule has 164 valence electrons. The van der Waals surface area contributed by atoms with Gasteiger partial charge in [0.25, 0.3) is 0 Å². The summed E-state index contributed by atoms with van der Waals surface area (Å²) in [6, 6.07) is 38.2. The lowest BCUT2D eigenvalue weighted by Crippen LogP contribution is -2.33. The van der Waals surface area contributed by atoms with Crippen LogP contribution in [0.5, 0.6) is 0 Å². The van der Waals surface area contributed by atoms with Crippen molar-refractivity contribution in [2.75, 3.05) is 0 Å². The van der Waals surface area contributed by atoms with Crippen LogP contribution in [-0.4, -0.2) is 4.57 Å². The van der Waals surface area contributed by atoms with Crippen LogP contribution in [0, 0.1) is 0 Å². The van der Waals surface area contributed by atoms with Gasteiger partial charge in [0, 0.05) is 39.5 Å². The van der Waals surface area contributed by atoms with Gasteiger partial charge in [0.15, 0.2) is 18.9 Å². The van der Waals surface area contributed by atoms with E-state index in [9.17, 15) is 0 Å². The van der Waals surface area contributed by atoms with Gasteiger partial charge in [-0.1, -0.05) is 103 Å². The van der Waals surface area contributed by atoms with E-state index >= 15 is 0 Å². The predicted octanol–water partition coefficient (Wildman–Crippen LogP) is 7.50. The first-order chi connectivity index (χ1) is 16.8. The van der Waals surface area contributed by atoms with Gasteiger partial charge in [0.1, 0.15) is 5.52 Å². The summed E-state index contributed by atoms with van der Waals surface area (Å²) in [5.74, 6) is 0. The summed E-state index contributed by atoms with van der Waals surface area (Å²) in [6.07, 6.45) is 4.46. The van der Waals surface area contributed by atoms with Crippen LogP contribution >= 0.6 is 11.6 Å². The second-order valence-electron chi connectivity index (χ2n) is 8.65. The van der Waals surface area contributed by atoms with Crippen molar-refractivity contribution in [2.45, 2.75) is 13.1 Å². The monoisotopic (exact) mass is 459 g/mol. The Morgan fingerprint density at radius 2 is 1.29 bits per heavy atom. The van der Waals surface area contributed by atoms with E-state index in [-0.39, 0.29) is 0 Å². The van der Waals surface area contributed by atoms with Crippen molar-refractivity contribution < 1.29 is 4.57 Å². The molecular formula is C31H24ClN2+. The van der Waals surface area contributed by atoms with Gasteiger partial charge in [-0.15, -0.1) is 0 Å². The van der Waals surface area contributed by atoms with Crippen LogP contribution in [0.4, 0.5) is 0 Å². The predicted molar refractivity (Wildman–Crippen MR) is 141 cm³/mol. The Bertz CT molecular complexity index is 1600. The fraction of sp³-hybridized carbons (Fsp3) is 0.0645. The summed E-state index contributed by atoms with van der Waals surface area (Å²) < 4.78 is 4.70. The fourth-order valence-corrected chi connectivity index (χ4v) is 5.10. The standard InChI is InChI=1S/C31H24ClN2/c32-28-16-8-7-14-25(28)26-15-9-17-29-31(26)27-18-19-33(20-23-10-3-1-4-11-23)22-30(27)34(29)21-24-12-5-2-6-13-24/h1-19,22H,20-21H2/q+1. The summed E-state index contributed by atoms with van der Waals surface area (Å²) in [4.78, 5) is 0. The first-order valence-corrected chi connectivity index (χ1v) is 11.9. The molecule has 0 fully saturated rings. The normalized spacial score (nSPS) is 11.3. The van der Waals surface area contributed by atoms with E-state index in [1.807, 2.05) is 12.1 Å². The number of fused-ring (bicyclic) bond motifs is 3. The lowest BCUT2D eigenvalue weighted by atomic mass is 10.00. The quantitative estimate of drug-likeness (QED) is 0.236. The van der Waals surface area contributed by atoms with Gasteiger partial charge in [-0.2, -0.15) is 4.57 Å². The van der Waals surface area contributed by atoms with E-state index < -0.39 is 0 Å². The molecule has 0 atom stereocenters. The van der Waals surface area contributed by atoms with E-state index in [0.717, 1.165) is 23.7 Å². The number of halogens is 1. The lowest BCUT2D eigenvalue weighted by Gasteiger charge is -2.09. The van der Waals surface area contributed by atoms with Gasteiger partial charge >= 0.3 is 0 Å². The molecule has 2 aromatic heterocycles. The number of benzene rings is 4. The Morgan fingerprint density at radius 3 is 2.06 bits per heavy atom. The van der Waals surface area contributed by atoms with Crippen molar-refractivity contribution in [3.05, 3.63) is 138 Å². The van der Waals surface area contributed by atoms with Crippen molar-refractivity contribution in [3.63, 3.8) is 0 Å². The third kappa shape index (κ3) is 3.76. The lowest BCUT2D eigenvalue weighted by molar-refractivity contribution is -0.687. The van der Waals surface area contributed by atoms with E-state index in [0.29, 0.717) is 0 Å². The summed E-state index contributed by atoms with van der Waals surface area (Å²) in [5, 5.41) is 3.26. The Morgan fingerprint density at radius 1 is 0.618 bits per heavy atom. The summed E-state index contributed by atoms with van der Waals surface area (Å²) >= 11 is 6.65. The zero-order valence-electron chi connectivity index (χ0n) is 18.7. The average molecular weight is 460 g/mol. The minimum atomic E-state index is 0.772. The molecule has 34 heavy (non-hydrogen) atoms. The Labute approximate surface area is 204 Å². The van der Waals surface area contributed by atoms with Gasteiger partial charge in [-0.05, 0) is 23.3 Å². The maximum Gasteiger partial charge on any atom is 0.193 e. The maximum atomic E-state index is 6.65. The van der Waals surface area contributed by atoms with E-state index in [1.165, 1.54) is 38.5 Å². The molecule has 0 unspecified atom stereocenters. The van der Waals surface area contributed by atoms with Crippen LogP contribution in [0.15, 0.2) is 122 Å². The van der Waals surface area contributed by atoms with E-state index in [2.05, 4.69) is 119 Å². The molecule has 3 heteroatoms. The van der Waals surface area contributed by atoms with Gasteiger partial charge in [0.2, 0.25) is 0 Å². The second-order valence-corrected chi connectivity index (χ2v) is 9.06. The van der Waals surface area contributed by atoms with Crippen molar-refractivity contribution in [3.8, 4) is 11.1 Å². The molecular weight excluding hydrogens is 436 g/mol. The zero-order valence-corrected chi connectivity index (χ0v) is 19.5. The first-order valence-electron chi connectivity index (χ1n) is 11.5. The van der Waals surface area contributed by atoms with Crippen LogP contribution < -0.4 is 4.57 Å². The van der Waals surface area contributed by atoms with Crippen molar-refractivity contribution in [1.29, 1.82) is 0 Å². The largest absolute Gasteiger partial charge is 0.331 e. The SMILES string of the molecule is Clc1ccccc1-c1cccc2c1c1cc[n+](Cc3ccccc3)cc1n2Cc1ccccc1. The molecule has 0 amide bonds. The first kappa shape index (κ1) is 20.7. The third-order valence-electron chi connectivity index (χ3n) is 6.45. The number of rotatable bonds is 5. The highest BCUT2D eigenvalue weighted by molar-refractivity contribution is 6.34. The highest BCUT2D eigenvalue weighted by Gasteiger charge is 2.19. The second kappa shape index (κ2) is 8.81. The van der Waals surface area contributed by atoms with Gasteiger partial charge in [-0.25, -0.2) is 0 Å². The van der Waals surface area contributed by atoms with E-state index in [4.69, 9.17) is 11.6 Å². The molecule has 0 aliphatic heterocycles. The number of hydrogen-bond acceptors (Lipinski definition) is 0.